The Bertz CT molecular complexity index is 939. The summed E-state index contributed by atoms with van der Waals surface area (Å²) in [5, 5.41) is 0. The first-order valence-electron chi connectivity index (χ1n) is 9.36. The van der Waals surface area contributed by atoms with Gasteiger partial charge in [-0.1, -0.05) is 24.3 Å². The van der Waals surface area contributed by atoms with Crippen LogP contribution in [0, 0.1) is 0 Å². The third-order valence-corrected chi connectivity index (χ3v) is 4.98. The van der Waals surface area contributed by atoms with E-state index in [9.17, 15) is 8.78 Å². The zero-order valence-corrected chi connectivity index (χ0v) is 15.7. The molecule has 3 aromatic rings. The Labute approximate surface area is 167 Å². The zero-order chi connectivity index (χ0) is 20.3. The summed E-state index contributed by atoms with van der Waals surface area (Å²) in [7, 11) is 0. The van der Waals surface area contributed by atoms with Gasteiger partial charge in [0.2, 0.25) is 0 Å². The van der Waals surface area contributed by atoms with Gasteiger partial charge in [0, 0.05) is 37.1 Å². The van der Waals surface area contributed by atoms with Crippen LogP contribution in [-0.4, -0.2) is 32.3 Å². The Kier molecular flexibility index (Phi) is 5.20. The summed E-state index contributed by atoms with van der Waals surface area (Å²) < 4.78 is 28.6. The van der Waals surface area contributed by atoms with Crippen LogP contribution < -0.4 is 5.73 Å². The molecule has 0 radical (unpaired) electrons. The minimum atomic E-state index is -2.82. The lowest BCUT2D eigenvalue weighted by molar-refractivity contribution is -0.0370. The van der Waals surface area contributed by atoms with E-state index in [2.05, 4.69) is 15.0 Å². The van der Waals surface area contributed by atoms with E-state index >= 15 is 0 Å². The molecule has 4 heterocycles. The number of aromatic nitrogens is 3. The van der Waals surface area contributed by atoms with E-state index in [1.807, 2.05) is 30.3 Å². The summed E-state index contributed by atoms with van der Waals surface area (Å²) >= 11 is 0. The molecule has 0 saturated heterocycles. The first-order valence-corrected chi connectivity index (χ1v) is 9.36. The van der Waals surface area contributed by atoms with Gasteiger partial charge < -0.3 is 10.6 Å². The van der Waals surface area contributed by atoms with Crippen LogP contribution in [0.1, 0.15) is 35.2 Å². The van der Waals surface area contributed by atoms with E-state index in [1.165, 1.54) is 6.08 Å². The van der Waals surface area contributed by atoms with Crippen LogP contribution in [0.15, 0.2) is 79.5 Å². The molecule has 0 fully saturated rings. The molecule has 0 aromatic carbocycles. The number of alkyl halides is 2. The highest BCUT2D eigenvalue weighted by molar-refractivity contribution is 5.37. The van der Waals surface area contributed by atoms with Gasteiger partial charge >= 0.3 is 0 Å². The lowest BCUT2D eigenvalue weighted by atomic mass is 9.83. The van der Waals surface area contributed by atoms with E-state index in [-0.39, 0.29) is 12.3 Å². The van der Waals surface area contributed by atoms with Gasteiger partial charge in [0.05, 0.1) is 18.3 Å². The largest absolute Gasteiger partial charge is 0.384 e. The molecule has 29 heavy (non-hydrogen) atoms. The van der Waals surface area contributed by atoms with Crippen molar-refractivity contribution < 1.29 is 8.78 Å². The maximum Gasteiger partial charge on any atom is 0.268 e. The topological polar surface area (TPSA) is 67.9 Å². The van der Waals surface area contributed by atoms with Gasteiger partial charge in [-0.2, -0.15) is 0 Å². The standard InChI is InChI=1S/C22H21F2N5/c23-22(24)9-4-12-29(15-22)21(18-7-1-8-19(25)28-18)20(16-5-2-10-26-13-16)17-6-3-11-27-14-17/h1-8,10-14,20-21H,9,15H2,(H2,25,28). The molecule has 0 spiro atoms. The second-order valence-electron chi connectivity index (χ2n) is 7.10. The van der Waals surface area contributed by atoms with Crippen molar-refractivity contribution in [3.8, 4) is 0 Å². The molecule has 1 unspecified atom stereocenters. The van der Waals surface area contributed by atoms with Crippen molar-refractivity contribution >= 4 is 5.82 Å². The number of nitrogens with zero attached hydrogens (tertiary/aromatic N) is 4. The van der Waals surface area contributed by atoms with Crippen LogP contribution in [0.2, 0.25) is 0 Å². The lowest BCUT2D eigenvalue weighted by Gasteiger charge is -2.40. The summed E-state index contributed by atoms with van der Waals surface area (Å²) in [6, 6.07) is 12.3. The first kappa shape index (κ1) is 19.0. The van der Waals surface area contributed by atoms with Gasteiger partial charge in [0.15, 0.2) is 0 Å². The van der Waals surface area contributed by atoms with Crippen LogP contribution in [0.4, 0.5) is 14.6 Å². The average Bonchev–Trinajstić information content (AvgIpc) is 2.72. The number of hydrogen-bond donors (Lipinski definition) is 1. The van der Waals surface area contributed by atoms with Gasteiger partial charge in [-0.15, -0.1) is 0 Å². The van der Waals surface area contributed by atoms with E-state index in [1.54, 1.807) is 48.0 Å². The molecule has 4 rings (SSSR count). The molecule has 0 saturated carbocycles. The molecule has 1 atom stereocenters. The number of nitrogen functional groups attached to an aromatic ring is 1. The highest BCUT2D eigenvalue weighted by atomic mass is 19.3. The van der Waals surface area contributed by atoms with Crippen molar-refractivity contribution in [1.29, 1.82) is 0 Å². The Balaban J connectivity index is 1.89. The monoisotopic (exact) mass is 393 g/mol. The quantitative estimate of drug-likeness (QED) is 0.704. The Morgan fingerprint density at radius 3 is 2.21 bits per heavy atom. The normalized spacial score (nSPS) is 16.7. The van der Waals surface area contributed by atoms with Crippen molar-refractivity contribution in [3.63, 3.8) is 0 Å². The second kappa shape index (κ2) is 7.95. The fourth-order valence-corrected chi connectivity index (χ4v) is 3.78. The van der Waals surface area contributed by atoms with E-state index in [4.69, 9.17) is 5.73 Å². The number of anilines is 1. The summed E-state index contributed by atoms with van der Waals surface area (Å²) in [6.45, 7) is -0.401. The molecule has 3 aromatic heterocycles. The van der Waals surface area contributed by atoms with E-state index in [0.29, 0.717) is 11.5 Å². The van der Waals surface area contributed by atoms with Crippen LogP contribution in [-0.2, 0) is 0 Å². The summed E-state index contributed by atoms with van der Waals surface area (Å²) in [5.74, 6) is -2.79. The molecule has 5 nitrogen and oxygen atoms in total. The number of nitrogens with two attached hydrogens (primary N) is 1. The van der Waals surface area contributed by atoms with Gasteiger partial charge in [-0.3, -0.25) is 9.97 Å². The van der Waals surface area contributed by atoms with E-state index < -0.39 is 18.5 Å². The molecular formula is C22H21F2N5. The molecule has 1 aliphatic heterocycles. The van der Waals surface area contributed by atoms with Crippen LogP contribution in [0.25, 0.3) is 0 Å². The van der Waals surface area contributed by atoms with Crippen molar-refractivity contribution in [1.82, 2.24) is 19.9 Å². The van der Waals surface area contributed by atoms with Crippen molar-refractivity contribution in [3.05, 3.63) is 96.3 Å². The maximum atomic E-state index is 14.3. The lowest BCUT2D eigenvalue weighted by Crippen LogP contribution is -2.41. The van der Waals surface area contributed by atoms with Crippen LogP contribution in [0.3, 0.4) is 0 Å². The fourth-order valence-electron chi connectivity index (χ4n) is 3.78. The summed E-state index contributed by atoms with van der Waals surface area (Å²) in [6.07, 6.45) is 9.84. The average molecular weight is 393 g/mol. The van der Waals surface area contributed by atoms with Crippen molar-refractivity contribution in [2.45, 2.75) is 24.3 Å². The predicted octanol–water partition coefficient (Wildman–Crippen LogP) is 4.18. The minimum absolute atomic E-state index is 0.273. The summed E-state index contributed by atoms with van der Waals surface area (Å²) in [4.78, 5) is 14.6. The van der Waals surface area contributed by atoms with Gasteiger partial charge in [-0.25, -0.2) is 13.8 Å². The predicted molar refractivity (Wildman–Crippen MR) is 107 cm³/mol. The smallest absolute Gasteiger partial charge is 0.268 e. The molecule has 0 aliphatic carbocycles. The SMILES string of the molecule is Nc1cccc(C(C(c2cccnc2)c2cccnc2)N2C=CCC(F)(F)C2)n1. The Morgan fingerprint density at radius 1 is 0.966 bits per heavy atom. The molecule has 148 valence electrons. The van der Waals surface area contributed by atoms with Gasteiger partial charge in [0.25, 0.3) is 5.92 Å². The third-order valence-electron chi connectivity index (χ3n) is 4.98. The highest BCUT2D eigenvalue weighted by Gasteiger charge is 2.39. The highest BCUT2D eigenvalue weighted by Crippen LogP contribution is 2.42. The Morgan fingerprint density at radius 2 is 1.66 bits per heavy atom. The molecule has 1 aliphatic rings. The molecule has 0 bridgehead atoms. The Hall–Kier alpha value is -3.35. The number of rotatable bonds is 5. The number of allylic oxidation sites excluding steroid dienone is 1. The maximum absolute atomic E-state index is 14.3. The summed E-state index contributed by atoms with van der Waals surface area (Å²) in [5.41, 5.74) is 8.32. The minimum Gasteiger partial charge on any atom is -0.384 e. The molecule has 2 N–H and O–H groups in total. The van der Waals surface area contributed by atoms with Gasteiger partial charge in [0.1, 0.15) is 5.82 Å². The second-order valence-corrected chi connectivity index (χ2v) is 7.10. The first-order chi connectivity index (χ1) is 14.0. The molecule has 7 heteroatoms. The van der Waals surface area contributed by atoms with Gasteiger partial charge in [-0.05, 0) is 41.6 Å². The zero-order valence-electron chi connectivity index (χ0n) is 15.7. The fraction of sp³-hybridized carbons (Fsp3) is 0.227. The number of pyridine rings is 3. The van der Waals surface area contributed by atoms with Crippen LogP contribution >= 0.6 is 0 Å². The molecular weight excluding hydrogens is 372 g/mol. The van der Waals surface area contributed by atoms with E-state index in [0.717, 1.165) is 11.1 Å². The van der Waals surface area contributed by atoms with Crippen LogP contribution in [0.5, 0.6) is 0 Å². The van der Waals surface area contributed by atoms with Crippen molar-refractivity contribution in [2.24, 2.45) is 0 Å². The van der Waals surface area contributed by atoms with Crippen molar-refractivity contribution in [2.75, 3.05) is 12.3 Å². The molecule has 0 amide bonds. The third kappa shape index (κ3) is 4.23. The number of halogens is 2. The number of hydrogen-bond acceptors (Lipinski definition) is 5.